The molecule has 2 aromatic rings. The second kappa shape index (κ2) is 6.75. The quantitative estimate of drug-likeness (QED) is 0.852. The summed E-state index contributed by atoms with van der Waals surface area (Å²) in [6, 6.07) is 13.5. The molecule has 2 N–H and O–H groups in total. The zero-order chi connectivity index (χ0) is 13.5. The van der Waals surface area contributed by atoms with Crippen LogP contribution in [-0.4, -0.2) is 17.7 Å². The number of pyridine rings is 1. The third kappa shape index (κ3) is 3.69. The average molecular weight is 258 g/mol. The Labute approximate surface area is 112 Å². The highest BCUT2D eigenvalue weighted by atomic mass is 16.5. The maximum Gasteiger partial charge on any atom is 0.292 e. The van der Waals surface area contributed by atoms with Crippen molar-refractivity contribution in [2.24, 2.45) is 5.73 Å². The number of rotatable bonds is 6. The fraction of sp³-hybridized carbons (Fsp3) is 0.267. The first-order valence-electron chi connectivity index (χ1n) is 6.37. The van der Waals surface area contributed by atoms with Gasteiger partial charge < -0.3 is 15.0 Å². The number of ether oxygens (including phenoxy) is 1. The van der Waals surface area contributed by atoms with E-state index in [2.05, 4.69) is 0 Å². The van der Waals surface area contributed by atoms with Crippen LogP contribution in [0.25, 0.3) is 0 Å². The lowest BCUT2D eigenvalue weighted by atomic mass is 10.2. The molecule has 2 rings (SSSR count). The van der Waals surface area contributed by atoms with Gasteiger partial charge in [0.05, 0.1) is 6.61 Å². The molecule has 0 amide bonds. The molecule has 0 bridgehead atoms. The molecule has 0 saturated heterocycles. The lowest BCUT2D eigenvalue weighted by Gasteiger charge is -2.08. The highest BCUT2D eigenvalue weighted by Crippen LogP contribution is 2.04. The van der Waals surface area contributed by atoms with Gasteiger partial charge in [-0.3, -0.25) is 4.79 Å². The van der Waals surface area contributed by atoms with Crippen molar-refractivity contribution >= 4 is 0 Å². The summed E-state index contributed by atoms with van der Waals surface area (Å²) < 4.78 is 7.12. The second-order valence-corrected chi connectivity index (χ2v) is 4.24. The standard InChI is InChI=1S/C15H18N2O2/c16-9-11-17-10-4-7-14(15(17)18)19-12-8-13-5-2-1-3-6-13/h1-7,10H,8-9,11-12,16H2. The minimum atomic E-state index is -0.124. The molecule has 0 spiro atoms. The summed E-state index contributed by atoms with van der Waals surface area (Å²) in [5.41, 5.74) is 6.53. The Morgan fingerprint density at radius 2 is 1.89 bits per heavy atom. The van der Waals surface area contributed by atoms with Crippen molar-refractivity contribution in [1.82, 2.24) is 4.57 Å². The van der Waals surface area contributed by atoms with E-state index in [9.17, 15) is 4.79 Å². The minimum Gasteiger partial charge on any atom is -0.488 e. The van der Waals surface area contributed by atoms with Crippen LogP contribution in [0.1, 0.15) is 5.56 Å². The summed E-state index contributed by atoms with van der Waals surface area (Å²) in [7, 11) is 0. The first-order valence-corrected chi connectivity index (χ1v) is 6.37. The van der Waals surface area contributed by atoms with E-state index in [1.807, 2.05) is 30.3 Å². The van der Waals surface area contributed by atoms with E-state index in [1.54, 1.807) is 22.9 Å². The minimum absolute atomic E-state index is 0.124. The topological polar surface area (TPSA) is 57.2 Å². The van der Waals surface area contributed by atoms with Crippen molar-refractivity contribution in [2.45, 2.75) is 13.0 Å². The third-order valence-electron chi connectivity index (χ3n) is 2.85. The monoisotopic (exact) mass is 258 g/mol. The number of hydrogen-bond acceptors (Lipinski definition) is 3. The largest absolute Gasteiger partial charge is 0.488 e. The van der Waals surface area contributed by atoms with Crippen molar-refractivity contribution in [3.63, 3.8) is 0 Å². The van der Waals surface area contributed by atoms with E-state index in [-0.39, 0.29) is 5.56 Å². The molecule has 4 nitrogen and oxygen atoms in total. The maximum absolute atomic E-state index is 12.0. The van der Waals surface area contributed by atoms with Crippen LogP contribution < -0.4 is 16.0 Å². The summed E-state index contributed by atoms with van der Waals surface area (Å²) in [6.45, 7) is 1.44. The molecule has 0 fully saturated rings. The summed E-state index contributed by atoms with van der Waals surface area (Å²) in [5.74, 6) is 0.381. The molecule has 0 aliphatic heterocycles. The fourth-order valence-corrected chi connectivity index (χ4v) is 1.86. The third-order valence-corrected chi connectivity index (χ3v) is 2.85. The predicted octanol–water partition coefficient (Wildman–Crippen LogP) is 1.43. The fourth-order valence-electron chi connectivity index (χ4n) is 1.86. The van der Waals surface area contributed by atoms with Crippen LogP contribution in [0, 0.1) is 0 Å². The van der Waals surface area contributed by atoms with E-state index in [4.69, 9.17) is 10.5 Å². The molecule has 1 aromatic carbocycles. The van der Waals surface area contributed by atoms with Gasteiger partial charge in [0, 0.05) is 25.7 Å². The average Bonchev–Trinajstić information content (AvgIpc) is 2.44. The number of hydrogen-bond donors (Lipinski definition) is 1. The number of aromatic nitrogens is 1. The van der Waals surface area contributed by atoms with Crippen molar-refractivity contribution < 1.29 is 4.74 Å². The number of nitrogens with two attached hydrogens (primary N) is 1. The number of nitrogens with zero attached hydrogens (tertiary/aromatic N) is 1. The van der Waals surface area contributed by atoms with Gasteiger partial charge in [0.15, 0.2) is 5.75 Å². The Bertz CT molecular complexity index is 564. The molecule has 0 aliphatic carbocycles. The lowest BCUT2D eigenvalue weighted by Crippen LogP contribution is -2.24. The molecular weight excluding hydrogens is 240 g/mol. The maximum atomic E-state index is 12.0. The van der Waals surface area contributed by atoms with Gasteiger partial charge in [-0.25, -0.2) is 0 Å². The van der Waals surface area contributed by atoms with Gasteiger partial charge in [-0.05, 0) is 17.7 Å². The molecule has 0 atom stereocenters. The van der Waals surface area contributed by atoms with Crippen molar-refractivity contribution in [1.29, 1.82) is 0 Å². The lowest BCUT2D eigenvalue weighted by molar-refractivity contribution is 0.314. The van der Waals surface area contributed by atoms with Crippen LogP contribution in [0.2, 0.25) is 0 Å². The van der Waals surface area contributed by atoms with Crippen LogP contribution in [0.5, 0.6) is 5.75 Å². The van der Waals surface area contributed by atoms with Gasteiger partial charge in [-0.2, -0.15) is 0 Å². The highest BCUT2D eigenvalue weighted by Gasteiger charge is 2.03. The Morgan fingerprint density at radius 1 is 1.11 bits per heavy atom. The van der Waals surface area contributed by atoms with Crippen LogP contribution in [-0.2, 0) is 13.0 Å². The van der Waals surface area contributed by atoms with Gasteiger partial charge in [0.1, 0.15) is 0 Å². The van der Waals surface area contributed by atoms with Crippen LogP contribution in [0.3, 0.4) is 0 Å². The Hall–Kier alpha value is -2.07. The van der Waals surface area contributed by atoms with E-state index in [0.29, 0.717) is 25.4 Å². The molecular formula is C15H18N2O2. The van der Waals surface area contributed by atoms with E-state index < -0.39 is 0 Å². The normalized spacial score (nSPS) is 10.4. The molecule has 0 radical (unpaired) electrons. The van der Waals surface area contributed by atoms with E-state index in [0.717, 1.165) is 6.42 Å². The zero-order valence-corrected chi connectivity index (χ0v) is 10.8. The molecule has 1 aromatic heterocycles. The van der Waals surface area contributed by atoms with Crippen molar-refractivity contribution in [3.8, 4) is 5.75 Å². The van der Waals surface area contributed by atoms with Crippen molar-refractivity contribution in [2.75, 3.05) is 13.2 Å². The van der Waals surface area contributed by atoms with E-state index in [1.165, 1.54) is 5.56 Å². The summed E-state index contributed by atoms with van der Waals surface area (Å²) in [4.78, 5) is 12.0. The number of benzene rings is 1. The molecule has 100 valence electrons. The smallest absolute Gasteiger partial charge is 0.292 e. The predicted molar refractivity (Wildman–Crippen MR) is 75.4 cm³/mol. The molecule has 1 heterocycles. The van der Waals surface area contributed by atoms with E-state index >= 15 is 0 Å². The van der Waals surface area contributed by atoms with Gasteiger partial charge in [0.2, 0.25) is 0 Å². The molecule has 19 heavy (non-hydrogen) atoms. The first-order chi connectivity index (χ1) is 9.31. The van der Waals surface area contributed by atoms with Crippen LogP contribution >= 0.6 is 0 Å². The second-order valence-electron chi connectivity index (χ2n) is 4.24. The Kier molecular flexibility index (Phi) is 4.75. The Morgan fingerprint density at radius 3 is 2.63 bits per heavy atom. The SMILES string of the molecule is NCCn1cccc(OCCc2ccccc2)c1=O. The summed E-state index contributed by atoms with van der Waals surface area (Å²) in [5, 5.41) is 0. The molecule has 0 unspecified atom stereocenters. The van der Waals surface area contributed by atoms with Crippen molar-refractivity contribution in [3.05, 3.63) is 64.6 Å². The van der Waals surface area contributed by atoms with Gasteiger partial charge >= 0.3 is 0 Å². The highest BCUT2D eigenvalue weighted by molar-refractivity contribution is 5.18. The molecule has 0 saturated carbocycles. The van der Waals surface area contributed by atoms with Crippen LogP contribution in [0.15, 0.2) is 53.5 Å². The molecule has 4 heteroatoms. The van der Waals surface area contributed by atoms with Crippen LogP contribution in [0.4, 0.5) is 0 Å². The molecule has 0 aliphatic rings. The Balaban J connectivity index is 1.96. The van der Waals surface area contributed by atoms with Gasteiger partial charge in [-0.15, -0.1) is 0 Å². The first kappa shape index (κ1) is 13.4. The summed E-state index contributed by atoms with van der Waals surface area (Å²) in [6.07, 6.45) is 2.51. The zero-order valence-electron chi connectivity index (χ0n) is 10.8. The van der Waals surface area contributed by atoms with Gasteiger partial charge in [-0.1, -0.05) is 30.3 Å². The van der Waals surface area contributed by atoms with Gasteiger partial charge in [0.25, 0.3) is 5.56 Å². The summed E-state index contributed by atoms with van der Waals surface area (Å²) >= 11 is 0.